The predicted octanol–water partition coefficient (Wildman–Crippen LogP) is 0.887. The van der Waals surface area contributed by atoms with Crippen LogP contribution in [-0.4, -0.2) is 28.7 Å². The van der Waals surface area contributed by atoms with Gasteiger partial charge in [-0.05, 0) is 12.3 Å². The average molecular weight is 212 g/mol. The first-order valence-corrected chi connectivity index (χ1v) is 4.80. The fraction of sp³-hybridized carbons (Fsp3) is 0.667. The SMILES string of the molecule is COc1nc(N)nc(OCCC(C)C)n1. The molecule has 1 aromatic heterocycles. The Kier molecular flexibility index (Phi) is 4.08. The summed E-state index contributed by atoms with van der Waals surface area (Å²) in [5, 5.41) is 0. The van der Waals surface area contributed by atoms with Crippen LogP contribution < -0.4 is 15.2 Å². The van der Waals surface area contributed by atoms with Gasteiger partial charge in [-0.3, -0.25) is 0 Å². The van der Waals surface area contributed by atoms with Crippen LogP contribution in [0.3, 0.4) is 0 Å². The Balaban J connectivity index is 2.56. The molecule has 0 saturated carbocycles. The summed E-state index contributed by atoms with van der Waals surface area (Å²) in [6, 6.07) is 0.377. The summed E-state index contributed by atoms with van der Waals surface area (Å²) >= 11 is 0. The van der Waals surface area contributed by atoms with Crippen molar-refractivity contribution >= 4 is 5.95 Å². The minimum atomic E-state index is 0.0985. The van der Waals surface area contributed by atoms with E-state index in [1.54, 1.807) is 0 Å². The molecule has 84 valence electrons. The lowest BCUT2D eigenvalue weighted by Gasteiger charge is -2.07. The van der Waals surface area contributed by atoms with Gasteiger partial charge in [-0.15, -0.1) is 4.98 Å². The van der Waals surface area contributed by atoms with Crippen molar-refractivity contribution in [2.45, 2.75) is 20.3 Å². The molecule has 0 spiro atoms. The number of nitrogens with two attached hydrogens (primary N) is 1. The van der Waals surface area contributed by atoms with Crippen LogP contribution in [0, 0.1) is 5.92 Å². The molecule has 6 nitrogen and oxygen atoms in total. The number of nitrogens with zero attached hydrogens (tertiary/aromatic N) is 3. The van der Waals surface area contributed by atoms with Crippen LogP contribution >= 0.6 is 0 Å². The van der Waals surface area contributed by atoms with E-state index in [1.165, 1.54) is 7.11 Å². The monoisotopic (exact) mass is 212 g/mol. The molecule has 1 heterocycles. The van der Waals surface area contributed by atoms with Crippen molar-refractivity contribution in [3.8, 4) is 12.0 Å². The van der Waals surface area contributed by atoms with Gasteiger partial charge < -0.3 is 15.2 Å². The van der Waals surface area contributed by atoms with E-state index >= 15 is 0 Å². The first-order valence-electron chi connectivity index (χ1n) is 4.80. The maximum absolute atomic E-state index is 5.44. The highest BCUT2D eigenvalue weighted by atomic mass is 16.5. The zero-order valence-electron chi connectivity index (χ0n) is 9.23. The van der Waals surface area contributed by atoms with Crippen LogP contribution in [0.1, 0.15) is 20.3 Å². The largest absolute Gasteiger partial charge is 0.467 e. The van der Waals surface area contributed by atoms with Gasteiger partial charge >= 0.3 is 12.0 Å². The van der Waals surface area contributed by atoms with Crippen LogP contribution in [-0.2, 0) is 0 Å². The Labute approximate surface area is 88.8 Å². The molecular weight excluding hydrogens is 196 g/mol. The lowest BCUT2D eigenvalue weighted by atomic mass is 10.1. The Morgan fingerprint density at radius 1 is 1.20 bits per heavy atom. The summed E-state index contributed by atoms with van der Waals surface area (Å²) < 4.78 is 10.2. The highest BCUT2D eigenvalue weighted by Crippen LogP contribution is 2.11. The predicted molar refractivity (Wildman–Crippen MR) is 55.7 cm³/mol. The molecule has 0 amide bonds. The first kappa shape index (κ1) is 11.5. The zero-order valence-corrected chi connectivity index (χ0v) is 9.23. The van der Waals surface area contributed by atoms with Gasteiger partial charge in [-0.25, -0.2) is 0 Å². The highest BCUT2D eigenvalue weighted by molar-refractivity contribution is 5.20. The number of anilines is 1. The highest BCUT2D eigenvalue weighted by Gasteiger charge is 2.05. The van der Waals surface area contributed by atoms with Crippen molar-refractivity contribution in [1.82, 2.24) is 15.0 Å². The molecule has 0 fully saturated rings. The fourth-order valence-corrected chi connectivity index (χ4v) is 0.895. The van der Waals surface area contributed by atoms with Crippen molar-refractivity contribution in [3.63, 3.8) is 0 Å². The first-order chi connectivity index (χ1) is 7.11. The second kappa shape index (κ2) is 5.33. The molecule has 0 aliphatic carbocycles. The Bertz CT molecular complexity index is 317. The zero-order chi connectivity index (χ0) is 11.3. The maximum Gasteiger partial charge on any atom is 0.324 e. The minimum absolute atomic E-state index is 0.0985. The molecule has 0 unspecified atom stereocenters. The normalized spacial score (nSPS) is 10.4. The van der Waals surface area contributed by atoms with Crippen molar-refractivity contribution in [2.24, 2.45) is 5.92 Å². The topological polar surface area (TPSA) is 83.2 Å². The van der Waals surface area contributed by atoms with Crippen molar-refractivity contribution in [3.05, 3.63) is 0 Å². The molecule has 0 radical (unpaired) electrons. The maximum atomic E-state index is 5.44. The molecule has 0 aliphatic heterocycles. The van der Waals surface area contributed by atoms with Gasteiger partial charge in [0.05, 0.1) is 13.7 Å². The number of rotatable bonds is 5. The third kappa shape index (κ3) is 3.97. The second-order valence-electron chi connectivity index (χ2n) is 3.49. The summed E-state index contributed by atoms with van der Waals surface area (Å²) in [7, 11) is 1.46. The Morgan fingerprint density at radius 2 is 1.87 bits per heavy atom. The van der Waals surface area contributed by atoms with E-state index in [1.807, 2.05) is 0 Å². The molecule has 15 heavy (non-hydrogen) atoms. The lowest BCUT2D eigenvalue weighted by Crippen LogP contribution is -2.07. The molecule has 1 rings (SSSR count). The Morgan fingerprint density at radius 3 is 2.47 bits per heavy atom. The third-order valence-corrected chi connectivity index (χ3v) is 1.72. The number of nitrogen functional groups attached to an aromatic ring is 1. The van der Waals surface area contributed by atoms with E-state index in [-0.39, 0.29) is 18.0 Å². The summed E-state index contributed by atoms with van der Waals surface area (Å²) in [6.45, 7) is 4.79. The van der Waals surface area contributed by atoms with Gasteiger partial charge in [-0.1, -0.05) is 13.8 Å². The number of methoxy groups -OCH3 is 1. The standard InChI is InChI=1S/C9H16N4O2/c1-6(2)4-5-15-9-12-7(10)11-8(13-9)14-3/h6H,4-5H2,1-3H3,(H2,10,11,12,13). The van der Waals surface area contributed by atoms with Crippen LogP contribution in [0.15, 0.2) is 0 Å². The molecular formula is C9H16N4O2. The smallest absolute Gasteiger partial charge is 0.324 e. The molecule has 2 N–H and O–H groups in total. The van der Waals surface area contributed by atoms with Gasteiger partial charge in [0, 0.05) is 0 Å². The van der Waals surface area contributed by atoms with Crippen molar-refractivity contribution < 1.29 is 9.47 Å². The molecule has 0 bridgehead atoms. The molecule has 0 saturated heterocycles. The quantitative estimate of drug-likeness (QED) is 0.780. The van der Waals surface area contributed by atoms with Crippen LogP contribution in [0.5, 0.6) is 12.0 Å². The second-order valence-corrected chi connectivity index (χ2v) is 3.49. The van der Waals surface area contributed by atoms with Crippen LogP contribution in [0.4, 0.5) is 5.95 Å². The van der Waals surface area contributed by atoms with E-state index in [0.717, 1.165) is 6.42 Å². The molecule has 0 aliphatic rings. The van der Waals surface area contributed by atoms with E-state index in [9.17, 15) is 0 Å². The van der Waals surface area contributed by atoms with Gasteiger partial charge in [0.2, 0.25) is 5.95 Å². The summed E-state index contributed by atoms with van der Waals surface area (Å²) in [6.07, 6.45) is 0.938. The van der Waals surface area contributed by atoms with Crippen LogP contribution in [0.25, 0.3) is 0 Å². The summed E-state index contributed by atoms with van der Waals surface area (Å²) in [5.74, 6) is 0.674. The number of hydrogen-bond acceptors (Lipinski definition) is 6. The molecule has 6 heteroatoms. The van der Waals surface area contributed by atoms with Gasteiger partial charge in [0.15, 0.2) is 0 Å². The number of ether oxygens (including phenoxy) is 2. The fourth-order valence-electron chi connectivity index (χ4n) is 0.895. The minimum Gasteiger partial charge on any atom is -0.467 e. The van der Waals surface area contributed by atoms with E-state index in [4.69, 9.17) is 15.2 Å². The number of aromatic nitrogens is 3. The van der Waals surface area contributed by atoms with Crippen LogP contribution in [0.2, 0.25) is 0 Å². The van der Waals surface area contributed by atoms with Crippen molar-refractivity contribution in [1.29, 1.82) is 0 Å². The molecule has 0 aromatic carbocycles. The number of hydrogen-bond donors (Lipinski definition) is 1. The van der Waals surface area contributed by atoms with E-state index in [0.29, 0.717) is 12.5 Å². The van der Waals surface area contributed by atoms with E-state index < -0.39 is 0 Å². The average Bonchev–Trinajstić information content (AvgIpc) is 2.16. The van der Waals surface area contributed by atoms with Gasteiger partial charge in [-0.2, -0.15) is 9.97 Å². The lowest BCUT2D eigenvalue weighted by molar-refractivity contribution is 0.261. The summed E-state index contributed by atoms with van der Waals surface area (Å²) in [4.78, 5) is 11.5. The van der Waals surface area contributed by atoms with Gasteiger partial charge in [0.25, 0.3) is 0 Å². The Hall–Kier alpha value is -1.59. The van der Waals surface area contributed by atoms with Crippen molar-refractivity contribution in [2.75, 3.05) is 19.5 Å². The van der Waals surface area contributed by atoms with E-state index in [2.05, 4.69) is 28.8 Å². The molecule has 0 atom stereocenters. The third-order valence-electron chi connectivity index (χ3n) is 1.72. The van der Waals surface area contributed by atoms with Gasteiger partial charge in [0.1, 0.15) is 0 Å². The summed E-state index contributed by atoms with van der Waals surface area (Å²) in [5.41, 5.74) is 5.44. The molecule has 1 aromatic rings.